The van der Waals surface area contributed by atoms with Crippen molar-refractivity contribution < 1.29 is 27.4 Å². The second-order valence-electron chi connectivity index (χ2n) is 6.93. The molecular weight excluding hydrogens is 381 g/mol. The summed E-state index contributed by atoms with van der Waals surface area (Å²) < 4.78 is 52.5. The van der Waals surface area contributed by atoms with Gasteiger partial charge in [0, 0.05) is 0 Å². The molecule has 2 atom stereocenters. The second-order valence-corrected chi connectivity index (χ2v) is 6.93. The van der Waals surface area contributed by atoms with E-state index in [1.807, 2.05) is 30.3 Å². The molecule has 3 aromatic rings. The quantitative estimate of drug-likeness (QED) is 0.478. The molecule has 0 aromatic heterocycles. The minimum absolute atomic E-state index is 0.0928. The molecule has 6 heteroatoms. The van der Waals surface area contributed by atoms with E-state index in [0.29, 0.717) is 5.56 Å². The lowest BCUT2D eigenvalue weighted by Crippen LogP contribution is -2.42. The number of esters is 1. The molecule has 0 radical (unpaired) electrons. The summed E-state index contributed by atoms with van der Waals surface area (Å²) in [4.78, 5) is 11.6. The van der Waals surface area contributed by atoms with E-state index in [-0.39, 0.29) is 11.1 Å². The molecule has 0 aliphatic heterocycles. The summed E-state index contributed by atoms with van der Waals surface area (Å²) >= 11 is 0. The molecule has 0 saturated carbocycles. The third-order valence-electron chi connectivity index (χ3n) is 5.07. The number of methoxy groups -OCH3 is 1. The Kier molecular flexibility index (Phi) is 5.66. The molecule has 0 bridgehead atoms. The lowest BCUT2D eigenvalue weighted by Gasteiger charge is -2.35. The number of carbonyl (C=O) groups is 1. The van der Waals surface area contributed by atoms with Crippen LogP contribution < -0.4 is 0 Å². The van der Waals surface area contributed by atoms with Gasteiger partial charge in [0.25, 0.3) is 0 Å². The zero-order valence-corrected chi connectivity index (χ0v) is 16.3. The zero-order chi connectivity index (χ0) is 21.2. The van der Waals surface area contributed by atoms with Gasteiger partial charge in [0.2, 0.25) is 0 Å². The lowest BCUT2D eigenvalue weighted by molar-refractivity contribution is -0.290. The Morgan fingerprint density at radius 1 is 0.931 bits per heavy atom. The first-order chi connectivity index (χ1) is 13.7. The van der Waals surface area contributed by atoms with Crippen molar-refractivity contribution >= 4 is 16.7 Å². The van der Waals surface area contributed by atoms with E-state index in [0.717, 1.165) is 17.7 Å². The van der Waals surface area contributed by atoms with Gasteiger partial charge in [0.1, 0.15) is 0 Å². The molecule has 152 valence electrons. The molecule has 3 aromatic carbocycles. The molecule has 0 spiro atoms. The summed E-state index contributed by atoms with van der Waals surface area (Å²) in [6.45, 7) is 2.61. The van der Waals surface area contributed by atoms with Crippen LogP contribution in [0.5, 0.6) is 0 Å². The molecule has 0 fully saturated rings. The van der Waals surface area contributed by atoms with E-state index in [1.165, 1.54) is 31.4 Å². The first-order valence-electron chi connectivity index (χ1n) is 9.08. The first kappa shape index (κ1) is 20.9. The van der Waals surface area contributed by atoms with Gasteiger partial charge in [0.05, 0.1) is 18.8 Å². The number of halogens is 3. The van der Waals surface area contributed by atoms with Crippen LogP contribution in [0.1, 0.15) is 41.4 Å². The van der Waals surface area contributed by atoms with Gasteiger partial charge in [-0.25, -0.2) is 4.79 Å². The minimum Gasteiger partial charge on any atom is -0.465 e. The maximum atomic E-state index is 14.1. The van der Waals surface area contributed by atoms with E-state index >= 15 is 0 Å². The van der Waals surface area contributed by atoms with Gasteiger partial charge in [-0.05, 0) is 47.9 Å². The fourth-order valence-corrected chi connectivity index (χ4v) is 3.36. The Morgan fingerprint density at radius 3 is 2.17 bits per heavy atom. The molecule has 0 saturated heterocycles. The third kappa shape index (κ3) is 3.98. The van der Waals surface area contributed by atoms with Crippen molar-refractivity contribution in [2.75, 3.05) is 7.11 Å². The Labute approximate surface area is 167 Å². The fraction of sp³-hybridized carbons (Fsp3) is 0.261. The predicted molar refractivity (Wildman–Crippen MR) is 105 cm³/mol. The van der Waals surface area contributed by atoms with Crippen LogP contribution in [0.4, 0.5) is 13.2 Å². The van der Waals surface area contributed by atoms with Crippen molar-refractivity contribution in [1.29, 1.82) is 0 Å². The van der Waals surface area contributed by atoms with Crippen molar-refractivity contribution in [2.24, 2.45) is 0 Å². The number of benzene rings is 3. The van der Waals surface area contributed by atoms with Crippen LogP contribution >= 0.6 is 0 Å². The van der Waals surface area contributed by atoms with E-state index in [4.69, 9.17) is 4.74 Å². The van der Waals surface area contributed by atoms with Crippen LogP contribution in [-0.4, -0.2) is 19.3 Å². The van der Waals surface area contributed by atoms with Gasteiger partial charge in [-0.15, -0.1) is 0 Å². The maximum absolute atomic E-state index is 14.1. The van der Waals surface area contributed by atoms with E-state index in [2.05, 4.69) is 4.74 Å². The lowest BCUT2D eigenvalue weighted by atomic mass is 9.93. The van der Waals surface area contributed by atoms with Gasteiger partial charge in [-0.2, -0.15) is 13.2 Å². The average molecular weight is 402 g/mol. The highest BCUT2D eigenvalue weighted by Crippen LogP contribution is 2.45. The smallest absolute Gasteiger partial charge is 0.421 e. The summed E-state index contributed by atoms with van der Waals surface area (Å²) in [5.41, 5.74) is -1.81. The highest BCUT2D eigenvalue weighted by molar-refractivity contribution is 5.89. The summed E-state index contributed by atoms with van der Waals surface area (Å²) in [5, 5.41) is 1.77. The topological polar surface area (TPSA) is 35.5 Å². The maximum Gasteiger partial charge on any atom is 0.421 e. The van der Waals surface area contributed by atoms with Crippen LogP contribution in [0.25, 0.3) is 10.8 Å². The first-order valence-corrected chi connectivity index (χ1v) is 9.08. The normalized spacial score (nSPS) is 15.0. The molecule has 0 heterocycles. The summed E-state index contributed by atoms with van der Waals surface area (Å²) in [6.07, 6.45) is -5.49. The Morgan fingerprint density at radius 2 is 1.55 bits per heavy atom. The molecule has 3 rings (SSSR count). The highest BCUT2D eigenvalue weighted by Gasteiger charge is 2.54. The summed E-state index contributed by atoms with van der Waals surface area (Å²) in [7, 11) is 1.21. The monoisotopic (exact) mass is 402 g/mol. The Bertz CT molecular complexity index is 1010. The van der Waals surface area contributed by atoms with Gasteiger partial charge < -0.3 is 9.47 Å². The van der Waals surface area contributed by atoms with Gasteiger partial charge >= 0.3 is 12.1 Å². The standard InChI is InChI=1S/C23H21F3O3/c1-15(19-10-6-8-16-7-4-5-9-20(16)19)29-22(2,23(24,25)26)18-13-11-17(12-14-18)21(27)28-3/h4-15H,1-3H3/t15?,22-/m0/s1. The van der Waals surface area contributed by atoms with Crippen molar-refractivity contribution in [2.45, 2.75) is 31.7 Å². The van der Waals surface area contributed by atoms with Crippen LogP contribution in [0, 0.1) is 0 Å². The second kappa shape index (κ2) is 7.87. The number of hydrogen-bond donors (Lipinski definition) is 0. The number of ether oxygens (including phenoxy) is 2. The zero-order valence-electron chi connectivity index (χ0n) is 16.3. The van der Waals surface area contributed by atoms with Crippen LogP contribution in [-0.2, 0) is 15.1 Å². The largest absolute Gasteiger partial charge is 0.465 e. The number of alkyl halides is 3. The van der Waals surface area contributed by atoms with Crippen molar-refractivity contribution in [1.82, 2.24) is 0 Å². The molecule has 0 aliphatic carbocycles. The molecular formula is C23H21F3O3. The van der Waals surface area contributed by atoms with Crippen LogP contribution in [0.2, 0.25) is 0 Å². The molecule has 29 heavy (non-hydrogen) atoms. The molecule has 1 unspecified atom stereocenters. The SMILES string of the molecule is COC(=O)c1ccc([C@](C)(OC(C)c2cccc3ccccc23)C(F)(F)F)cc1. The highest BCUT2D eigenvalue weighted by atomic mass is 19.4. The summed E-state index contributed by atoms with van der Waals surface area (Å²) in [6, 6.07) is 18.0. The fourth-order valence-electron chi connectivity index (χ4n) is 3.36. The Hall–Kier alpha value is -2.86. The van der Waals surface area contributed by atoms with Gasteiger partial charge in [0.15, 0.2) is 5.60 Å². The van der Waals surface area contributed by atoms with Crippen molar-refractivity contribution in [3.05, 3.63) is 83.4 Å². The molecule has 0 N–H and O–H groups in total. The van der Waals surface area contributed by atoms with Crippen LogP contribution in [0.3, 0.4) is 0 Å². The number of rotatable bonds is 5. The predicted octanol–water partition coefficient (Wildman–Crippen LogP) is 6.18. The van der Waals surface area contributed by atoms with Crippen LogP contribution in [0.15, 0.2) is 66.7 Å². The van der Waals surface area contributed by atoms with Crippen molar-refractivity contribution in [3.63, 3.8) is 0 Å². The summed E-state index contributed by atoms with van der Waals surface area (Å²) in [5.74, 6) is -0.615. The molecule has 0 amide bonds. The molecule has 3 nitrogen and oxygen atoms in total. The molecule has 0 aliphatic rings. The van der Waals surface area contributed by atoms with Gasteiger partial charge in [-0.3, -0.25) is 0 Å². The van der Waals surface area contributed by atoms with E-state index in [9.17, 15) is 18.0 Å². The minimum atomic E-state index is -4.67. The average Bonchev–Trinajstić information content (AvgIpc) is 2.71. The van der Waals surface area contributed by atoms with E-state index < -0.39 is 23.9 Å². The number of hydrogen-bond acceptors (Lipinski definition) is 3. The number of fused-ring (bicyclic) bond motifs is 1. The van der Waals surface area contributed by atoms with Crippen molar-refractivity contribution in [3.8, 4) is 0 Å². The Balaban J connectivity index is 2.00. The van der Waals surface area contributed by atoms with E-state index in [1.54, 1.807) is 19.1 Å². The third-order valence-corrected chi connectivity index (χ3v) is 5.07. The number of carbonyl (C=O) groups excluding carboxylic acids is 1. The van der Waals surface area contributed by atoms with Gasteiger partial charge in [-0.1, -0.05) is 54.6 Å².